The Morgan fingerprint density at radius 1 is 1.08 bits per heavy atom. The molecule has 0 bridgehead atoms. The van der Waals surface area contributed by atoms with E-state index in [9.17, 15) is 9.59 Å². The fourth-order valence-electron chi connectivity index (χ4n) is 3.44. The van der Waals surface area contributed by atoms with Crippen molar-refractivity contribution in [1.82, 2.24) is 10.6 Å². The van der Waals surface area contributed by atoms with Crippen molar-refractivity contribution in [2.75, 3.05) is 14.2 Å². The molecule has 1 aromatic rings. The van der Waals surface area contributed by atoms with Gasteiger partial charge in [-0.15, -0.1) is 0 Å². The molecule has 0 radical (unpaired) electrons. The Morgan fingerprint density at radius 2 is 1.79 bits per heavy atom. The van der Waals surface area contributed by atoms with E-state index in [0.29, 0.717) is 29.9 Å². The second-order valence-corrected chi connectivity index (χ2v) is 6.98. The molecule has 0 spiro atoms. The average Bonchev–Trinajstić information content (AvgIpc) is 2.51. The summed E-state index contributed by atoms with van der Waals surface area (Å²) in [5.41, 5.74) is 2.01. The Hall–Kier alpha value is -2.50. The van der Waals surface area contributed by atoms with Crippen molar-refractivity contribution >= 4 is 11.8 Å². The average molecular weight is 330 g/mol. The highest BCUT2D eigenvalue weighted by atomic mass is 16.5. The van der Waals surface area contributed by atoms with Gasteiger partial charge >= 0.3 is 6.03 Å². The third-order valence-electron chi connectivity index (χ3n) is 4.49. The maximum Gasteiger partial charge on any atom is 0.319 e. The summed E-state index contributed by atoms with van der Waals surface area (Å²) in [5, 5.41) is 5.66. The Morgan fingerprint density at radius 3 is 2.46 bits per heavy atom. The molecule has 2 N–H and O–H groups in total. The first-order valence-electron chi connectivity index (χ1n) is 7.90. The standard InChI is InChI=1S/C18H22N2O4/c1-18(2)8-11-15(12(21)9-18)16(20-17(22)19-11)10-5-6-13(23-3)14(7-10)24-4/h5-7,16H,8-9H2,1-4H3,(H2,19,20,22)/t16-/m0/s1. The topological polar surface area (TPSA) is 76.7 Å². The maximum atomic E-state index is 12.7. The lowest BCUT2D eigenvalue weighted by molar-refractivity contribution is -0.118. The van der Waals surface area contributed by atoms with Crippen molar-refractivity contribution in [1.29, 1.82) is 0 Å². The van der Waals surface area contributed by atoms with E-state index in [1.807, 2.05) is 19.9 Å². The van der Waals surface area contributed by atoms with Crippen LogP contribution >= 0.6 is 0 Å². The van der Waals surface area contributed by atoms with Crippen LogP contribution in [0.4, 0.5) is 4.79 Å². The van der Waals surface area contributed by atoms with Crippen LogP contribution < -0.4 is 20.1 Å². The Labute approximate surface area is 141 Å². The minimum atomic E-state index is -0.475. The SMILES string of the molecule is COc1ccc([C@@H]2NC(=O)NC3=C2C(=O)CC(C)(C)C3)cc1OC. The molecule has 1 atom stereocenters. The lowest BCUT2D eigenvalue weighted by Gasteiger charge is -2.38. The number of ether oxygens (including phenoxy) is 2. The molecule has 2 amide bonds. The van der Waals surface area contributed by atoms with Gasteiger partial charge in [0.25, 0.3) is 0 Å². The van der Waals surface area contributed by atoms with Crippen LogP contribution in [0.2, 0.25) is 0 Å². The zero-order valence-corrected chi connectivity index (χ0v) is 14.4. The van der Waals surface area contributed by atoms with Gasteiger partial charge in [-0.05, 0) is 29.5 Å². The summed E-state index contributed by atoms with van der Waals surface area (Å²) in [4.78, 5) is 24.8. The molecule has 0 unspecified atom stereocenters. The molecule has 6 nitrogen and oxygen atoms in total. The monoisotopic (exact) mass is 330 g/mol. The molecule has 2 aliphatic rings. The number of hydrogen-bond donors (Lipinski definition) is 2. The molecule has 3 rings (SSSR count). The second kappa shape index (κ2) is 5.85. The summed E-state index contributed by atoms with van der Waals surface area (Å²) < 4.78 is 10.6. The van der Waals surface area contributed by atoms with Gasteiger partial charge in [-0.2, -0.15) is 0 Å². The second-order valence-electron chi connectivity index (χ2n) is 6.98. The van der Waals surface area contributed by atoms with Crippen LogP contribution in [0.5, 0.6) is 11.5 Å². The van der Waals surface area contributed by atoms with Crippen LogP contribution in [-0.4, -0.2) is 26.0 Å². The van der Waals surface area contributed by atoms with Crippen LogP contribution in [-0.2, 0) is 4.79 Å². The molecular weight excluding hydrogens is 308 g/mol. The van der Waals surface area contributed by atoms with Crippen molar-refractivity contribution < 1.29 is 19.1 Å². The zero-order valence-electron chi connectivity index (χ0n) is 14.4. The van der Waals surface area contributed by atoms with Crippen LogP contribution in [0.3, 0.4) is 0 Å². The number of amides is 2. The molecule has 0 aromatic heterocycles. The summed E-state index contributed by atoms with van der Waals surface area (Å²) in [6, 6.07) is 4.65. The van der Waals surface area contributed by atoms with E-state index in [-0.39, 0.29) is 17.2 Å². The molecule has 1 heterocycles. The molecule has 6 heteroatoms. The van der Waals surface area contributed by atoms with Gasteiger partial charge in [0.15, 0.2) is 17.3 Å². The summed E-state index contributed by atoms with van der Waals surface area (Å²) in [6.45, 7) is 4.07. The number of rotatable bonds is 3. The lowest BCUT2D eigenvalue weighted by Crippen LogP contribution is -2.48. The number of hydrogen-bond acceptors (Lipinski definition) is 4. The Balaban J connectivity index is 2.07. The van der Waals surface area contributed by atoms with Crippen molar-refractivity contribution in [3.63, 3.8) is 0 Å². The predicted octanol–water partition coefficient (Wildman–Crippen LogP) is 2.70. The number of Topliss-reactive ketones (excluding diaryl/α,β-unsaturated/α-hetero) is 1. The molecule has 1 aromatic carbocycles. The number of ketones is 1. The zero-order chi connectivity index (χ0) is 17.5. The Bertz CT molecular complexity index is 737. The van der Waals surface area contributed by atoms with Crippen molar-refractivity contribution in [3.05, 3.63) is 35.0 Å². The predicted molar refractivity (Wildman–Crippen MR) is 89.0 cm³/mol. The number of nitrogens with one attached hydrogen (secondary N) is 2. The molecule has 0 saturated heterocycles. The first-order chi connectivity index (χ1) is 11.3. The van der Waals surface area contributed by atoms with E-state index < -0.39 is 6.04 Å². The third kappa shape index (κ3) is 2.84. The van der Waals surface area contributed by atoms with Crippen molar-refractivity contribution in [3.8, 4) is 11.5 Å². The summed E-state index contributed by atoms with van der Waals surface area (Å²) in [7, 11) is 3.12. The molecule has 128 valence electrons. The minimum Gasteiger partial charge on any atom is -0.493 e. The summed E-state index contributed by atoms with van der Waals surface area (Å²) >= 11 is 0. The molecule has 1 aliphatic heterocycles. The molecule has 0 saturated carbocycles. The van der Waals surface area contributed by atoms with E-state index in [1.165, 1.54) is 0 Å². The quantitative estimate of drug-likeness (QED) is 0.893. The Kier molecular flexibility index (Phi) is 3.99. The van der Waals surface area contributed by atoms with Crippen LogP contribution in [0.25, 0.3) is 0 Å². The maximum absolute atomic E-state index is 12.7. The number of allylic oxidation sites excluding steroid dienone is 1. The van der Waals surface area contributed by atoms with Gasteiger partial charge in [-0.3, -0.25) is 4.79 Å². The number of benzene rings is 1. The molecule has 1 aliphatic carbocycles. The smallest absolute Gasteiger partial charge is 0.319 e. The first-order valence-corrected chi connectivity index (χ1v) is 7.90. The fourth-order valence-corrected chi connectivity index (χ4v) is 3.44. The normalized spacial score (nSPS) is 22.4. The van der Waals surface area contributed by atoms with E-state index in [1.54, 1.807) is 26.4 Å². The van der Waals surface area contributed by atoms with Gasteiger partial charge in [0, 0.05) is 17.7 Å². The van der Waals surface area contributed by atoms with Crippen LogP contribution in [0, 0.1) is 5.41 Å². The lowest BCUT2D eigenvalue weighted by atomic mass is 9.73. The van der Waals surface area contributed by atoms with Gasteiger partial charge in [0.1, 0.15) is 0 Å². The van der Waals surface area contributed by atoms with Gasteiger partial charge in [-0.25, -0.2) is 4.79 Å². The highest BCUT2D eigenvalue weighted by Gasteiger charge is 2.40. The number of methoxy groups -OCH3 is 2. The number of carbonyl (C=O) groups is 2. The fraction of sp³-hybridized carbons (Fsp3) is 0.444. The van der Waals surface area contributed by atoms with Gasteiger partial charge in [0.2, 0.25) is 0 Å². The van der Waals surface area contributed by atoms with E-state index in [4.69, 9.17) is 9.47 Å². The number of carbonyl (C=O) groups excluding carboxylic acids is 2. The van der Waals surface area contributed by atoms with Gasteiger partial charge < -0.3 is 20.1 Å². The van der Waals surface area contributed by atoms with E-state index in [0.717, 1.165) is 11.3 Å². The number of urea groups is 1. The summed E-state index contributed by atoms with van der Waals surface area (Å²) in [6.07, 6.45) is 1.14. The van der Waals surface area contributed by atoms with Gasteiger partial charge in [-0.1, -0.05) is 19.9 Å². The van der Waals surface area contributed by atoms with Crippen molar-refractivity contribution in [2.45, 2.75) is 32.7 Å². The highest BCUT2D eigenvalue weighted by molar-refractivity contribution is 6.01. The minimum absolute atomic E-state index is 0.0635. The largest absolute Gasteiger partial charge is 0.493 e. The molecular formula is C18H22N2O4. The molecule has 24 heavy (non-hydrogen) atoms. The van der Waals surface area contributed by atoms with E-state index >= 15 is 0 Å². The highest BCUT2D eigenvalue weighted by Crippen LogP contribution is 2.42. The van der Waals surface area contributed by atoms with Crippen LogP contribution in [0.15, 0.2) is 29.5 Å². The van der Waals surface area contributed by atoms with E-state index in [2.05, 4.69) is 10.6 Å². The van der Waals surface area contributed by atoms with Crippen LogP contribution in [0.1, 0.15) is 38.3 Å². The van der Waals surface area contributed by atoms with Gasteiger partial charge in [0.05, 0.1) is 20.3 Å². The molecule has 0 fully saturated rings. The first kappa shape index (κ1) is 16.4. The van der Waals surface area contributed by atoms with Crippen molar-refractivity contribution in [2.24, 2.45) is 5.41 Å². The summed E-state index contributed by atoms with van der Waals surface area (Å²) in [5.74, 6) is 1.23. The third-order valence-corrected chi connectivity index (χ3v) is 4.49.